The van der Waals surface area contributed by atoms with Crippen molar-refractivity contribution in [3.63, 3.8) is 0 Å². The van der Waals surface area contributed by atoms with Crippen molar-refractivity contribution in [2.75, 3.05) is 54.0 Å². The highest BCUT2D eigenvalue weighted by Crippen LogP contribution is 2.32. The van der Waals surface area contributed by atoms with Crippen LogP contribution in [0.15, 0.2) is 47.4 Å². The zero-order chi connectivity index (χ0) is 21.2. The van der Waals surface area contributed by atoms with Crippen molar-refractivity contribution >= 4 is 40.6 Å². The molecule has 1 saturated heterocycles. The van der Waals surface area contributed by atoms with Gasteiger partial charge in [-0.3, -0.25) is 14.5 Å². The Morgan fingerprint density at radius 3 is 2.74 bits per heavy atom. The lowest BCUT2D eigenvalue weighted by molar-refractivity contribution is -0.115. The number of benzene rings is 2. The molecule has 0 unspecified atom stereocenters. The number of piperazine rings is 1. The fourth-order valence-corrected chi connectivity index (χ4v) is 5.14. The second-order valence-electron chi connectivity index (χ2n) is 8.59. The summed E-state index contributed by atoms with van der Waals surface area (Å²) in [7, 11) is 0. The molecule has 6 nitrogen and oxygen atoms in total. The summed E-state index contributed by atoms with van der Waals surface area (Å²) in [5.74, 6) is 1.52. The topological polar surface area (TPSA) is 64.7 Å². The summed E-state index contributed by atoms with van der Waals surface area (Å²) in [6.07, 6.45) is 3.29. The van der Waals surface area contributed by atoms with Crippen molar-refractivity contribution in [3.8, 4) is 0 Å². The van der Waals surface area contributed by atoms with E-state index in [1.807, 2.05) is 24.3 Å². The van der Waals surface area contributed by atoms with Gasteiger partial charge in [-0.1, -0.05) is 6.07 Å². The lowest BCUT2D eigenvalue weighted by Gasteiger charge is -2.36. The van der Waals surface area contributed by atoms with Gasteiger partial charge in [0.05, 0.1) is 5.69 Å². The first-order valence-electron chi connectivity index (χ1n) is 11.1. The van der Waals surface area contributed by atoms with E-state index in [1.165, 1.54) is 19.4 Å². The monoisotopic (exact) mass is 436 g/mol. The molecule has 1 aliphatic carbocycles. The molecule has 2 aliphatic heterocycles. The Kier molecular flexibility index (Phi) is 5.87. The zero-order valence-electron chi connectivity index (χ0n) is 17.6. The quantitative estimate of drug-likeness (QED) is 0.744. The van der Waals surface area contributed by atoms with E-state index in [2.05, 4.69) is 32.6 Å². The van der Waals surface area contributed by atoms with Crippen LogP contribution in [0, 0.1) is 5.92 Å². The third-order valence-electron chi connectivity index (χ3n) is 6.16. The molecular formula is C24H28N4O2S. The number of thioether (sulfide) groups is 1. The van der Waals surface area contributed by atoms with E-state index in [0.29, 0.717) is 12.0 Å². The standard InChI is InChI=1S/C24H28N4O2S/c29-23-8-13-31-22-7-6-18(14-21(22)26-23)24(30)25-19-2-1-3-20(15-19)28-11-9-27(10-12-28)16-17-4-5-17/h1-3,6-7,14-15,17H,4-5,8-13,16H2,(H,25,30)(H,26,29). The summed E-state index contributed by atoms with van der Waals surface area (Å²) in [5.41, 5.74) is 3.20. The highest BCUT2D eigenvalue weighted by Gasteiger charge is 2.26. The van der Waals surface area contributed by atoms with Gasteiger partial charge in [0.1, 0.15) is 0 Å². The van der Waals surface area contributed by atoms with E-state index in [1.54, 1.807) is 17.8 Å². The molecule has 162 valence electrons. The summed E-state index contributed by atoms with van der Waals surface area (Å²) in [6, 6.07) is 13.6. The molecular weight excluding hydrogens is 408 g/mol. The molecule has 5 rings (SSSR count). The molecule has 0 aromatic heterocycles. The van der Waals surface area contributed by atoms with Crippen LogP contribution in [0.5, 0.6) is 0 Å². The molecule has 0 spiro atoms. The number of nitrogens with one attached hydrogen (secondary N) is 2. The van der Waals surface area contributed by atoms with Gasteiger partial charge in [0.25, 0.3) is 5.91 Å². The van der Waals surface area contributed by atoms with Gasteiger partial charge in [0.2, 0.25) is 5.91 Å². The largest absolute Gasteiger partial charge is 0.369 e. The van der Waals surface area contributed by atoms with Crippen molar-refractivity contribution < 1.29 is 9.59 Å². The Morgan fingerprint density at radius 1 is 1.10 bits per heavy atom. The van der Waals surface area contributed by atoms with E-state index in [4.69, 9.17) is 0 Å². The predicted octanol–water partition coefficient (Wildman–Crippen LogP) is 3.91. The summed E-state index contributed by atoms with van der Waals surface area (Å²) in [6.45, 7) is 5.50. The van der Waals surface area contributed by atoms with Gasteiger partial charge in [-0.15, -0.1) is 11.8 Å². The third kappa shape index (κ3) is 5.05. The van der Waals surface area contributed by atoms with Crippen molar-refractivity contribution in [1.82, 2.24) is 4.90 Å². The van der Waals surface area contributed by atoms with E-state index in [9.17, 15) is 9.59 Å². The molecule has 0 atom stereocenters. The minimum atomic E-state index is -0.169. The lowest BCUT2D eigenvalue weighted by atomic mass is 10.1. The first-order chi connectivity index (χ1) is 15.1. The second-order valence-corrected chi connectivity index (χ2v) is 9.73. The van der Waals surface area contributed by atoms with Crippen LogP contribution in [0.2, 0.25) is 0 Å². The van der Waals surface area contributed by atoms with Gasteiger partial charge in [-0.2, -0.15) is 0 Å². The Hall–Kier alpha value is -2.51. The number of nitrogens with zero attached hydrogens (tertiary/aromatic N) is 2. The summed E-state index contributed by atoms with van der Waals surface area (Å²) in [5, 5.41) is 5.92. The van der Waals surface area contributed by atoms with Crippen molar-refractivity contribution in [2.24, 2.45) is 5.92 Å². The first kappa shape index (κ1) is 20.4. The van der Waals surface area contributed by atoms with E-state index in [0.717, 1.165) is 59.8 Å². The molecule has 7 heteroatoms. The number of carbonyl (C=O) groups excluding carboxylic acids is 2. The first-order valence-corrected chi connectivity index (χ1v) is 12.1. The van der Waals surface area contributed by atoms with E-state index in [-0.39, 0.29) is 11.8 Å². The minimum Gasteiger partial charge on any atom is -0.369 e. The van der Waals surface area contributed by atoms with Gasteiger partial charge in [0, 0.05) is 66.7 Å². The fraction of sp³-hybridized carbons (Fsp3) is 0.417. The zero-order valence-corrected chi connectivity index (χ0v) is 18.4. The SMILES string of the molecule is O=C1CCSc2ccc(C(=O)Nc3cccc(N4CCN(CC5CC5)CC4)c3)cc2N1. The summed E-state index contributed by atoms with van der Waals surface area (Å²) in [4.78, 5) is 30.7. The normalized spacial score (nSPS) is 19.4. The molecule has 0 bridgehead atoms. The molecule has 31 heavy (non-hydrogen) atoms. The predicted molar refractivity (Wildman–Crippen MR) is 126 cm³/mol. The highest BCUT2D eigenvalue weighted by atomic mass is 32.2. The maximum Gasteiger partial charge on any atom is 0.255 e. The van der Waals surface area contributed by atoms with E-state index < -0.39 is 0 Å². The number of fused-ring (bicyclic) bond motifs is 1. The van der Waals surface area contributed by atoms with Crippen LogP contribution in [0.25, 0.3) is 0 Å². The Balaban J connectivity index is 1.23. The van der Waals surface area contributed by atoms with E-state index >= 15 is 0 Å². The van der Waals surface area contributed by atoms with Gasteiger partial charge >= 0.3 is 0 Å². The number of carbonyl (C=O) groups is 2. The number of hydrogen-bond donors (Lipinski definition) is 2. The number of rotatable bonds is 5. The fourth-order valence-electron chi connectivity index (χ4n) is 4.20. The molecule has 1 saturated carbocycles. The van der Waals surface area contributed by atoms with Crippen LogP contribution in [0.3, 0.4) is 0 Å². The molecule has 2 amide bonds. The number of hydrogen-bond acceptors (Lipinski definition) is 5. The van der Waals surface area contributed by atoms with Gasteiger partial charge < -0.3 is 15.5 Å². The highest BCUT2D eigenvalue weighted by molar-refractivity contribution is 7.99. The Morgan fingerprint density at radius 2 is 1.94 bits per heavy atom. The smallest absolute Gasteiger partial charge is 0.255 e. The van der Waals surface area contributed by atoms with Crippen molar-refractivity contribution in [3.05, 3.63) is 48.0 Å². The average molecular weight is 437 g/mol. The van der Waals surface area contributed by atoms with Gasteiger partial charge in [0.15, 0.2) is 0 Å². The third-order valence-corrected chi connectivity index (χ3v) is 7.23. The molecule has 2 aromatic rings. The second kappa shape index (κ2) is 8.93. The minimum absolute atomic E-state index is 0.00580. The molecule has 2 N–H and O–H groups in total. The maximum absolute atomic E-state index is 12.9. The van der Waals surface area contributed by atoms with Crippen LogP contribution in [-0.2, 0) is 4.79 Å². The van der Waals surface area contributed by atoms with Crippen molar-refractivity contribution in [1.29, 1.82) is 0 Å². The summed E-state index contributed by atoms with van der Waals surface area (Å²) >= 11 is 1.64. The number of amides is 2. The number of anilines is 3. The molecule has 2 aromatic carbocycles. The Labute approximate surface area is 187 Å². The van der Waals surface area contributed by atoms with Gasteiger partial charge in [-0.25, -0.2) is 0 Å². The van der Waals surface area contributed by atoms with Crippen LogP contribution in [0.1, 0.15) is 29.6 Å². The molecule has 2 heterocycles. The van der Waals surface area contributed by atoms with Crippen LogP contribution in [0.4, 0.5) is 17.1 Å². The van der Waals surface area contributed by atoms with Gasteiger partial charge in [-0.05, 0) is 55.2 Å². The molecule has 2 fully saturated rings. The van der Waals surface area contributed by atoms with Crippen LogP contribution in [-0.4, -0.2) is 55.2 Å². The van der Waals surface area contributed by atoms with Crippen LogP contribution >= 0.6 is 11.8 Å². The molecule has 3 aliphatic rings. The van der Waals surface area contributed by atoms with Crippen LogP contribution < -0.4 is 15.5 Å². The Bertz CT molecular complexity index is 983. The lowest BCUT2D eigenvalue weighted by Crippen LogP contribution is -2.47. The summed E-state index contributed by atoms with van der Waals surface area (Å²) < 4.78 is 0. The average Bonchev–Trinajstić information content (AvgIpc) is 3.61. The van der Waals surface area contributed by atoms with Crippen molar-refractivity contribution in [2.45, 2.75) is 24.2 Å². The molecule has 0 radical (unpaired) electrons. The maximum atomic E-state index is 12.9.